The van der Waals surface area contributed by atoms with Crippen molar-refractivity contribution >= 4 is 22.8 Å². The fourth-order valence-electron chi connectivity index (χ4n) is 1.39. The molecule has 1 aromatic carbocycles. The van der Waals surface area contributed by atoms with Crippen molar-refractivity contribution in [2.45, 2.75) is 0 Å². The van der Waals surface area contributed by atoms with E-state index in [4.69, 9.17) is 0 Å². The highest BCUT2D eigenvalue weighted by Crippen LogP contribution is 2.15. The zero-order valence-corrected chi connectivity index (χ0v) is 9.02. The number of esters is 1. The molecule has 0 aliphatic carbocycles. The molecular formula is C11H11N3O2. The van der Waals surface area contributed by atoms with Gasteiger partial charge in [-0.2, -0.15) is 0 Å². The summed E-state index contributed by atoms with van der Waals surface area (Å²) in [6.45, 7) is 0. The van der Waals surface area contributed by atoms with Crippen LogP contribution in [0.15, 0.2) is 24.4 Å². The van der Waals surface area contributed by atoms with Crippen LogP contribution in [0.1, 0.15) is 10.4 Å². The van der Waals surface area contributed by atoms with Gasteiger partial charge in [-0.05, 0) is 12.1 Å². The summed E-state index contributed by atoms with van der Waals surface area (Å²) in [5, 5.41) is 3.72. The zero-order chi connectivity index (χ0) is 11.5. The summed E-state index contributed by atoms with van der Waals surface area (Å²) in [5.41, 5.74) is 1.19. The van der Waals surface area contributed by atoms with Gasteiger partial charge >= 0.3 is 5.97 Å². The number of nitrogens with zero attached hydrogens (tertiary/aromatic N) is 2. The molecule has 0 spiro atoms. The summed E-state index contributed by atoms with van der Waals surface area (Å²) in [6, 6.07) is 5.17. The maximum absolute atomic E-state index is 11.3. The average Bonchev–Trinajstić information content (AvgIpc) is 2.36. The first kappa shape index (κ1) is 10.4. The molecule has 0 aliphatic rings. The lowest BCUT2D eigenvalue weighted by atomic mass is 10.1. The molecule has 2 aromatic rings. The van der Waals surface area contributed by atoms with Crippen molar-refractivity contribution in [3.63, 3.8) is 0 Å². The molecule has 5 heteroatoms. The van der Waals surface area contributed by atoms with E-state index in [1.54, 1.807) is 31.4 Å². The van der Waals surface area contributed by atoms with Crippen LogP contribution in [0.25, 0.3) is 10.9 Å². The van der Waals surface area contributed by atoms with Crippen LogP contribution in [0.3, 0.4) is 0 Å². The lowest BCUT2D eigenvalue weighted by Gasteiger charge is -2.03. The lowest BCUT2D eigenvalue weighted by molar-refractivity contribution is 0.0601. The van der Waals surface area contributed by atoms with Crippen molar-refractivity contribution in [3.8, 4) is 0 Å². The first-order valence-corrected chi connectivity index (χ1v) is 4.77. The van der Waals surface area contributed by atoms with Crippen LogP contribution in [-0.2, 0) is 4.74 Å². The molecule has 82 valence electrons. The topological polar surface area (TPSA) is 64.1 Å². The van der Waals surface area contributed by atoms with E-state index < -0.39 is 0 Å². The smallest absolute Gasteiger partial charge is 0.337 e. The molecule has 1 N–H and O–H groups in total. The Kier molecular flexibility index (Phi) is 2.68. The number of rotatable bonds is 2. The summed E-state index contributed by atoms with van der Waals surface area (Å²) >= 11 is 0. The third-order valence-corrected chi connectivity index (χ3v) is 2.23. The van der Waals surface area contributed by atoms with E-state index in [-0.39, 0.29) is 5.97 Å². The van der Waals surface area contributed by atoms with Crippen LogP contribution in [0.2, 0.25) is 0 Å². The van der Waals surface area contributed by atoms with Crippen LogP contribution in [0.5, 0.6) is 0 Å². The van der Waals surface area contributed by atoms with Gasteiger partial charge in [0.2, 0.25) is 5.95 Å². The molecule has 16 heavy (non-hydrogen) atoms. The fraction of sp³-hybridized carbons (Fsp3) is 0.182. The highest BCUT2D eigenvalue weighted by Gasteiger charge is 2.07. The summed E-state index contributed by atoms with van der Waals surface area (Å²) in [4.78, 5) is 19.7. The van der Waals surface area contributed by atoms with Crippen molar-refractivity contribution in [1.29, 1.82) is 0 Å². The van der Waals surface area contributed by atoms with Crippen LogP contribution < -0.4 is 5.32 Å². The number of aromatic nitrogens is 2. The van der Waals surface area contributed by atoms with E-state index in [1.807, 2.05) is 0 Å². The van der Waals surface area contributed by atoms with Crippen molar-refractivity contribution in [3.05, 3.63) is 30.0 Å². The van der Waals surface area contributed by atoms with E-state index in [0.29, 0.717) is 17.0 Å². The SMILES string of the molecule is CNc1ncc2ccc(C(=O)OC)cc2n1. The zero-order valence-electron chi connectivity index (χ0n) is 9.02. The minimum Gasteiger partial charge on any atom is -0.465 e. The molecule has 0 unspecified atom stereocenters. The Morgan fingerprint density at radius 1 is 1.44 bits per heavy atom. The Balaban J connectivity index is 2.54. The molecular weight excluding hydrogens is 206 g/mol. The largest absolute Gasteiger partial charge is 0.465 e. The average molecular weight is 217 g/mol. The van der Waals surface area contributed by atoms with Gasteiger partial charge in [0.05, 0.1) is 18.2 Å². The Morgan fingerprint density at radius 3 is 2.94 bits per heavy atom. The predicted octanol–water partition coefficient (Wildman–Crippen LogP) is 1.46. The molecule has 0 saturated heterocycles. The van der Waals surface area contributed by atoms with Crippen LogP contribution in [0.4, 0.5) is 5.95 Å². The molecule has 0 radical (unpaired) electrons. The van der Waals surface area contributed by atoms with Gasteiger partial charge < -0.3 is 10.1 Å². The number of hydrogen-bond acceptors (Lipinski definition) is 5. The maximum Gasteiger partial charge on any atom is 0.337 e. The Hall–Kier alpha value is -2.17. The second-order valence-electron chi connectivity index (χ2n) is 3.21. The lowest BCUT2D eigenvalue weighted by Crippen LogP contribution is -2.02. The molecule has 0 amide bonds. The first-order valence-electron chi connectivity index (χ1n) is 4.77. The number of hydrogen-bond donors (Lipinski definition) is 1. The number of methoxy groups -OCH3 is 1. The summed E-state index contributed by atoms with van der Waals surface area (Å²) < 4.78 is 4.64. The predicted molar refractivity (Wildman–Crippen MR) is 60.4 cm³/mol. The van der Waals surface area contributed by atoms with Crippen molar-refractivity contribution in [2.24, 2.45) is 0 Å². The molecule has 1 heterocycles. The minimum atomic E-state index is -0.369. The van der Waals surface area contributed by atoms with Gasteiger partial charge in [0.25, 0.3) is 0 Å². The molecule has 1 aromatic heterocycles. The van der Waals surface area contributed by atoms with Crippen LogP contribution >= 0.6 is 0 Å². The highest BCUT2D eigenvalue weighted by atomic mass is 16.5. The van der Waals surface area contributed by atoms with Gasteiger partial charge in [0.15, 0.2) is 0 Å². The van der Waals surface area contributed by atoms with Gasteiger partial charge in [-0.15, -0.1) is 0 Å². The quantitative estimate of drug-likeness (QED) is 0.771. The third-order valence-electron chi connectivity index (χ3n) is 2.23. The minimum absolute atomic E-state index is 0.369. The summed E-state index contributed by atoms with van der Waals surface area (Å²) in [7, 11) is 3.09. The van der Waals surface area contributed by atoms with Crippen molar-refractivity contribution < 1.29 is 9.53 Å². The number of nitrogens with one attached hydrogen (secondary N) is 1. The number of benzene rings is 1. The second kappa shape index (κ2) is 4.14. The number of carbonyl (C=O) groups is 1. The fourth-order valence-corrected chi connectivity index (χ4v) is 1.39. The van der Waals surface area contributed by atoms with E-state index >= 15 is 0 Å². The van der Waals surface area contributed by atoms with Gasteiger partial charge in [0.1, 0.15) is 0 Å². The third kappa shape index (κ3) is 1.79. The number of anilines is 1. The van der Waals surface area contributed by atoms with Gasteiger partial charge in [-0.1, -0.05) is 6.07 Å². The number of ether oxygens (including phenoxy) is 1. The summed E-state index contributed by atoms with van der Waals surface area (Å²) in [6.07, 6.45) is 1.70. The Morgan fingerprint density at radius 2 is 2.25 bits per heavy atom. The first-order chi connectivity index (χ1) is 7.74. The monoisotopic (exact) mass is 217 g/mol. The standard InChI is InChI=1S/C11H11N3O2/c1-12-11-13-6-8-4-3-7(10(15)16-2)5-9(8)14-11/h3-6H,1-2H3,(H,12,13,14). The number of fused-ring (bicyclic) bond motifs is 1. The van der Waals surface area contributed by atoms with Crippen LogP contribution in [0, 0.1) is 0 Å². The molecule has 0 aliphatic heterocycles. The van der Waals surface area contributed by atoms with E-state index in [2.05, 4.69) is 20.0 Å². The molecule has 0 saturated carbocycles. The molecule has 0 atom stereocenters. The van der Waals surface area contributed by atoms with Gasteiger partial charge in [0, 0.05) is 18.6 Å². The number of carbonyl (C=O) groups excluding carboxylic acids is 1. The molecule has 0 fully saturated rings. The van der Waals surface area contributed by atoms with Crippen molar-refractivity contribution in [1.82, 2.24) is 9.97 Å². The van der Waals surface area contributed by atoms with Crippen LogP contribution in [-0.4, -0.2) is 30.1 Å². The summed E-state index contributed by atoms with van der Waals surface area (Å²) in [5.74, 6) is 0.154. The molecule has 5 nitrogen and oxygen atoms in total. The van der Waals surface area contributed by atoms with Gasteiger partial charge in [-0.3, -0.25) is 0 Å². The molecule has 2 rings (SSSR count). The normalized spacial score (nSPS) is 10.1. The highest BCUT2D eigenvalue weighted by molar-refractivity contribution is 5.94. The van der Waals surface area contributed by atoms with Gasteiger partial charge in [-0.25, -0.2) is 14.8 Å². The Labute approximate surface area is 92.5 Å². The van der Waals surface area contributed by atoms with E-state index in [9.17, 15) is 4.79 Å². The van der Waals surface area contributed by atoms with E-state index in [1.165, 1.54) is 7.11 Å². The maximum atomic E-state index is 11.3. The van der Waals surface area contributed by atoms with E-state index in [0.717, 1.165) is 5.39 Å². The van der Waals surface area contributed by atoms with Crippen molar-refractivity contribution in [2.75, 3.05) is 19.5 Å². The second-order valence-corrected chi connectivity index (χ2v) is 3.21. The Bertz CT molecular complexity index is 540. The molecule has 0 bridgehead atoms.